The first kappa shape index (κ1) is 12.0. The minimum absolute atomic E-state index is 0.455. The molecule has 1 aromatic heterocycles. The zero-order valence-corrected chi connectivity index (χ0v) is 9.95. The van der Waals surface area contributed by atoms with Crippen molar-refractivity contribution < 1.29 is 10.2 Å². The van der Waals surface area contributed by atoms with Crippen LogP contribution in [0.5, 0.6) is 0 Å². The van der Waals surface area contributed by atoms with Crippen LogP contribution in [0.1, 0.15) is 18.1 Å². The summed E-state index contributed by atoms with van der Waals surface area (Å²) in [5.41, 5.74) is 0.605. The summed E-state index contributed by atoms with van der Waals surface area (Å²) in [6, 6.07) is 1.74. The van der Waals surface area contributed by atoms with Crippen molar-refractivity contribution in [3.63, 3.8) is 0 Å². The summed E-state index contributed by atoms with van der Waals surface area (Å²) in [6.07, 6.45) is 1.94. The average molecular weight is 278 g/mol. The van der Waals surface area contributed by atoms with Crippen LogP contribution in [-0.2, 0) is 0 Å². The third-order valence-electron chi connectivity index (χ3n) is 1.86. The minimum Gasteiger partial charge on any atom is -0.390 e. The maximum absolute atomic E-state index is 9.70. The number of aliphatic hydroxyl groups is 2. The Bertz CT molecular complexity index is 298. The van der Waals surface area contributed by atoms with Crippen LogP contribution >= 0.6 is 28.6 Å². The summed E-state index contributed by atoms with van der Waals surface area (Å²) >= 11 is 7.24. The highest BCUT2D eigenvalue weighted by atomic mass is 79.9. The van der Waals surface area contributed by atoms with Crippen molar-refractivity contribution in [2.75, 3.05) is 5.75 Å². The van der Waals surface area contributed by atoms with Crippen molar-refractivity contribution in [3.8, 4) is 0 Å². The van der Waals surface area contributed by atoms with Crippen molar-refractivity contribution >= 4 is 28.6 Å². The molecule has 0 aliphatic rings. The molecule has 0 saturated carbocycles. The Labute approximate surface area is 96.7 Å². The number of hydrogen-bond acceptors (Lipinski definition) is 4. The molecule has 0 radical (unpaired) electrons. The average Bonchev–Trinajstić information content (AvgIpc) is 2.17. The van der Waals surface area contributed by atoms with E-state index in [0.717, 1.165) is 4.47 Å². The van der Waals surface area contributed by atoms with E-state index >= 15 is 0 Å². The quantitative estimate of drug-likeness (QED) is 0.733. The van der Waals surface area contributed by atoms with Crippen molar-refractivity contribution in [2.24, 2.45) is 0 Å². The Morgan fingerprint density at radius 3 is 2.71 bits per heavy atom. The molecular formula is C9H12BrNO2S. The van der Waals surface area contributed by atoms with Gasteiger partial charge in [0.2, 0.25) is 0 Å². The number of aromatic nitrogens is 1. The largest absolute Gasteiger partial charge is 0.390 e. The lowest BCUT2D eigenvalue weighted by molar-refractivity contribution is 0.0170. The SMILES string of the molecule is OC(CCS)C(O)c1cncc(Br)c1. The normalized spacial score (nSPS) is 15.1. The second kappa shape index (κ2) is 5.70. The number of aliphatic hydroxyl groups excluding tert-OH is 2. The van der Waals surface area contributed by atoms with Gasteiger partial charge in [0.1, 0.15) is 6.10 Å². The molecule has 0 aliphatic heterocycles. The Morgan fingerprint density at radius 1 is 1.43 bits per heavy atom. The molecule has 5 heteroatoms. The first-order chi connectivity index (χ1) is 6.65. The fourth-order valence-electron chi connectivity index (χ4n) is 1.10. The fourth-order valence-corrected chi connectivity index (χ4v) is 1.75. The van der Waals surface area contributed by atoms with Crippen LogP contribution < -0.4 is 0 Å². The van der Waals surface area contributed by atoms with Gasteiger partial charge in [0.25, 0.3) is 0 Å². The molecule has 0 spiro atoms. The van der Waals surface area contributed by atoms with E-state index in [4.69, 9.17) is 0 Å². The standard InChI is InChI=1S/C9H12BrNO2S/c10-7-3-6(4-11-5-7)9(13)8(12)1-2-14/h3-5,8-9,12-14H,1-2H2. The molecule has 2 N–H and O–H groups in total. The van der Waals surface area contributed by atoms with Crippen LogP contribution in [0.4, 0.5) is 0 Å². The molecule has 0 saturated heterocycles. The summed E-state index contributed by atoms with van der Waals surface area (Å²) in [7, 11) is 0. The summed E-state index contributed by atoms with van der Waals surface area (Å²) in [5, 5.41) is 19.2. The number of thiol groups is 1. The third kappa shape index (κ3) is 3.24. The van der Waals surface area contributed by atoms with E-state index in [-0.39, 0.29) is 0 Å². The smallest absolute Gasteiger partial charge is 0.106 e. The molecule has 2 atom stereocenters. The molecule has 78 valence electrons. The first-order valence-electron chi connectivity index (χ1n) is 4.22. The van der Waals surface area contributed by atoms with Gasteiger partial charge < -0.3 is 10.2 Å². The van der Waals surface area contributed by atoms with Gasteiger partial charge in [-0.2, -0.15) is 12.6 Å². The highest BCUT2D eigenvalue weighted by molar-refractivity contribution is 9.10. The van der Waals surface area contributed by atoms with Gasteiger partial charge in [-0.25, -0.2) is 0 Å². The van der Waals surface area contributed by atoms with Gasteiger partial charge in [-0.05, 0) is 34.2 Å². The van der Waals surface area contributed by atoms with E-state index in [0.29, 0.717) is 17.7 Å². The van der Waals surface area contributed by atoms with Crippen molar-refractivity contribution in [2.45, 2.75) is 18.6 Å². The zero-order chi connectivity index (χ0) is 10.6. The summed E-state index contributed by atoms with van der Waals surface area (Å²) in [6.45, 7) is 0. The molecule has 14 heavy (non-hydrogen) atoms. The molecule has 0 bridgehead atoms. The van der Waals surface area contributed by atoms with Crippen LogP contribution in [-0.4, -0.2) is 27.1 Å². The number of hydrogen-bond donors (Lipinski definition) is 3. The van der Waals surface area contributed by atoms with E-state index in [1.54, 1.807) is 12.3 Å². The molecule has 1 heterocycles. The minimum atomic E-state index is -0.896. The summed E-state index contributed by atoms with van der Waals surface area (Å²) in [5.74, 6) is 0.541. The number of nitrogens with zero attached hydrogens (tertiary/aromatic N) is 1. The van der Waals surface area contributed by atoms with Crippen LogP contribution in [0.15, 0.2) is 22.9 Å². The molecule has 3 nitrogen and oxygen atoms in total. The number of rotatable bonds is 4. The van der Waals surface area contributed by atoms with Crippen LogP contribution in [0, 0.1) is 0 Å². The molecule has 0 amide bonds. The maximum atomic E-state index is 9.70. The zero-order valence-electron chi connectivity index (χ0n) is 7.47. The van der Waals surface area contributed by atoms with E-state index in [9.17, 15) is 10.2 Å². The molecule has 2 unspecified atom stereocenters. The molecule has 0 aromatic carbocycles. The van der Waals surface area contributed by atoms with Gasteiger partial charge in [0.15, 0.2) is 0 Å². The summed E-state index contributed by atoms with van der Waals surface area (Å²) < 4.78 is 0.784. The van der Waals surface area contributed by atoms with E-state index < -0.39 is 12.2 Å². The van der Waals surface area contributed by atoms with Gasteiger partial charge in [0, 0.05) is 22.4 Å². The lowest BCUT2D eigenvalue weighted by Gasteiger charge is -2.16. The van der Waals surface area contributed by atoms with Gasteiger partial charge in [-0.1, -0.05) is 0 Å². The highest BCUT2D eigenvalue weighted by Gasteiger charge is 2.17. The Hall–Kier alpha value is -0.100. The monoisotopic (exact) mass is 277 g/mol. The lowest BCUT2D eigenvalue weighted by Crippen LogP contribution is -2.18. The molecule has 0 fully saturated rings. The van der Waals surface area contributed by atoms with Gasteiger partial charge in [0.05, 0.1) is 6.10 Å². The Kier molecular flexibility index (Phi) is 4.88. The van der Waals surface area contributed by atoms with Crippen molar-refractivity contribution in [3.05, 3.63) is 28.5 Å². The Balaban J connectivity index is 2.73. The fraction of sp³-hybridized carbons (Fsp3) is 0.444. The van der Waals surface area contributed by atoms with E-state index in [1.165, 1.54) is 6.20 Å². The van der Waals surface area contributed by atoms with Crippen molar-refractivity contribution in [1.29, 1.82) is 0 Å². The number of pyridine rings is 1. The highest BCUT2D eigenvalue weighted by Crippen LogP contribution is 2.21. The predicted octanol–water partition coefficient (Wildman–Crippen LogP) is 1.56. The van der Waals surface area contributed by atoms with Crippen LogP contribution in [0.3, 0.4) is 0 Å². The van der Waals surface area contributed by atoms with Gasteiger partial charge >= 0.3 is 0 Å². The van der Waals surface area contributed by atoms with Gasteiger partial charge in [-0.15, -0.1) is 0 Å². The molecule has 1 aromatic rings. The third-order valence-corrected chi connectivity index (χ3v) is 2.55. The molecular weight excluding hydrogens is 266 g/mol. The molecule has 0 aliphatic carbocycles. The second-order valence-corrected chi connectivity index (χ2v) is 4.32. The molecule has 1 rings (SSSR count). The second-order valence-electron chi connectivity index (χ2n) is 2.96. The van der Waals surface area contributed by atoms with Gasteiger partial charge in [-0.3, -0.25) is 4.98 Å². The topological polar surface area (TPSA) is 53.4 Å². The van der Waals surface area contributed by atoms with Crippen LogP contribution in [0.2, 0.25) is 0 Å². The lowest BCUT2D eigenvalue weighted by atomic mass is 10.1. The Morgan fingerprint density at radius 2 is 2.14 bits per heavy atom. The summed E-state index contributed by atoms with van der Waals surface area (Å²) in [4.78, 5) is 3.91. The van der Waals surface area contributed by atoms with E-state index in [1.807, 2.05) is 0 Å². The maximum Gasteiger partial charge on any atom is 0.106 e. The number of halogens is 1. The first-order valence-corrected chi connectivity index (χ1v) is 5.65. The predicted molar refractivity (Wildman–Crippen MR) is 61.4 cm³/mol. The van der Waals surface area contributed by atoms with Crippen LogP contribution in [0.25, 0.3) is 0 Å². The van der Waals surface area contributed by atoms with Crippen molar-refractivity contribution in [1.82, 2.24) is 4.98 Å². The van der Waals surface area contributed by atoms with E-state index in [2.05, 4.69) is 33.5 Å².